The molecule has 0 atom stereocenters. The summed E-state index contributed by atoms with van der Waals surface area (Å²) in [7, 11) is 0. The quantitative estimate of drug-likeness (QED) is 0.737. The van der Waals surface area contributed by atoms with Crippen LogP contribution in [0.2, 0.25) is 0 Å². The van der Waals surface area contributed by atoms with Crippen LogP contribution in [0.1, 0.15) is 17.4 Å². The van der Waals surface area contributed by atoms with Crippen molar-refractivity contribution in [1.29, 1.82) is 0 Å². The average molecular weight is 296 g/mol. The lowest BCUT2D eigenvalue weighted by Crippen LogP contribution is -2.10. The van der Waals surface area contributed by atoms with E-state index in [2.05, 4.69) is 15.1 Å². The minimum atomic E-state index is -1.02. The Bertz CT molecular complexity index is 871. The predicted molar refractivity (Wildman–Crippen MR) is 78.4 cm³/mol. The van der Waals surface area contributed by atoms with Gasteiger partial charge in [0.25, 0.3) is 0 Å². The fourth-order valence-corrected chi connectivity index (χ4v) is 2.31. The van der Waals surface area contributed by atoms with Gasteiger partial charge in [0.2, 0.25) is 0 Å². The van der Waals surface area contributed by atoms with Crippen molar-refractivity contribution in [2.45, 2.75) is 13.5 Å². The number of hydrogen-bond acceptors (Lipinski definition) is 5. The van der Waals surface area contributed by atoms with Crippen LogP contribution < -0.4 is 0 Å². The van der Waals surface area contributed by atoms with Gasteiger partial charge in [-0.05, 0) is 17.7 Å². The highest BCUT2D eigenvalue weighted by Gasteiger charge is 2.16. The van der Waals surface area contributed by atoms with E-state index >= 15 is 0 Å². The van der Waals surface area contributed by atoms with Gasteiger partial charge in [-0.25, -0.2) is 9.97 Å². The number of hydrogen-bond donors (Lipinski definition) is 1. The van der Waals surface area contributed by atoms with Crippen molar-refractivity contribution in [2.24, 2.45) is 0 Å². The molecule has 0 spiro atoms. The number of fused-ring (bicyclic) bond motifs is 1. The summed E-state index contributed by atoms with van der Waals surface area (Å²) in [6.07, 6.45) is 4.76. The third kappa shape index (κ3) is 2.44. The van der Waals surface area contributed by atoms with E-state index in [4.69, 9.17) is 5.11 Å². The molecule has 22 heavy (non-hydrogen) atoms. The average Bonchev–Trinajstić information content (AvgIpc) is 2.86. The molecule has 0 saturated carbocycles. The van der Waals surface area contributed by atoms with E-state index in [9.17, 15) is 9.59 Å². The number of benzene rings is 1. The molecule has 7 nitrogen and oxygen atoms in total. The third-order valence-corrected chi connectivity index (χ3v) is 3.26. The van der Waals surface area contributed by atoms with E-state index in [1.54, 1.807) is 24.5 Å². The molecule has 110 valence electrons. The molecular formula is C15H12N4O3. The number of Topliss-reactive ketones (excluding diaryl/α,β-unsaturated/α-hetero) is 1. The highest BCUT2D eigenvalue weighted by molar-refractivity contribution is 6.05. The van der Waals surface area contributed by atoms with E-state index in [0.29, 0.717) is 10.9 Å². The van der Waals surface area contributed by atoms with E-state index < -0.39 is 5.97 Å². The number of ketones is 1. The van der Waals surface area contributed by atoms with Gasteiger partial charge in [-0.1, -0.05) is 6.07 Å². The molecule has 1 aromatic carbocycles. The normalized spacial score (nSPS) is 10.8. The lowest BCUT2D eigenvalue weighted by Gasteiger charge is -2.03. The Morgan fingerprint density at radius 1 is 1.18 bits per heavy atom. The van der Waals surface area contributed by atoms with Crippen LogP contribution in [0, 0.1) is 0 Å². The minimum Gasteiger partial charge on any atom is -0.480 e. The molecule has 0 amide bonds. The molecule has 0 radical (unpaired) electrons. The first kappa shape index (κ1) is 13.9. The lowest BCUT2D eigenvalue weighted by atomic mass is 10.1. The van der Waals surface area contributed by atoms with Crippen LogP contribution in [-0.4, -0.2) is 36.6 Å². The topological polar surface area (TPSA) is 98.0 Å². The maximum atomic E-state index is 11.7. The first-order valence-electron chi connectivity index (χ1n) is 6.55. The van der Waals surface area contributed by atoms with Gasteiger partial charge in [0.15, 0.2) is 5.78 Å². The number of carboxylic acid groups (broad SMARTS) is 1. The Hall–Kier alpha value is -3.09. The summed E-state index contributed by atoms with van der Waals surface area (Å²) in [4.78, 5) is 30.6. The lowest BCUT2D eigenvalue weighted by molar-refractivity contribution is -0.137. The van der Waals surface area contributed by atoms with Gasteiger partial charge in [0.1, 0.15) is 18.6 Å². The number of carbonyl (C=O) groups excluding carboxylic acids is 1. The van der Waals surface area contributed by atoms with E-state index in [-0.39, 0.29) is 18.0 Å². The van der Waals surface area contributed by atoms with Crippen molar-refractivity contribution >= 4 is 22.7 Å². The molecular weight excluding hydrogens is 284 g/mol. The van der Waals surface area contributed by atoms with Gasteiger partial charge >= 0.3 is 5.97 Å². The standard InChI is InChI=1S/C15H12N4O3/c1-9(20)15-12-3-2-10(11-5-16-8-17-6-11)4-13(12)19(18-15)7-14(21)22/h2-6,8H,7H2,1H3,(H,21,22). The largest absolute Gasteiger partial charge is 0.480 e. The number of aromatic nitrogens is 4. The molecule has 3 aromatic rings. The number of aliphatic carboxylic acids is 1. The van der Waals surface area contributed by atoms with Gasteiger partial charge < -0.3 is 5.11 Å². The first-order chi connectivity index (χ1) is 10.6. The molecule has 0 fully saturated rings. The Labute approximate surface area is 125 Å². The van der Waals surface area contributed by atoms with Crippen molar-refractivity contribution in [1.82, 2.24) is 19.7 Å². The van der Waals surface area contributed by atoms with Gasteiger partial charge in [-0.15, -0.1) is 0 Å². The van der Waals surface area contributed by atoms with Crippen molar-refractivity contribution in [2.75, 3.05) is 0 Å². The van der Waals surface area contributed by atoms with E-state index in [0.717, 1.165) is 11.1 Å². The molecule has 0 bridgehead atoms. The van der Waals surface area contributed by atoms with Crippen LogP contribution >= 0.6 is 0 Å². The van der Waals surface area contributed by atoms with Gasteiger partial charge in [0.05, 0.1) is 5.52 Å². The summed E-state index contributed by atoms with van der Waals surface area (Å²) in [5.41, 5.74) is 2.49. The van der Waals surface area contributed by atoms with Crippen LogP contribution in [0.15, 0.2) is 36.9 Å². The second-order valence-electron chi connectivity index (χ2n) is 4.82. The van der Waals surface area contributed by atoms with Crippen LogP contribution in [0.4, 0.5) is 0 Å². The summed E-state index contributed by atoms with van der Waals surface area (Å²) in [6.45, 7) is 1.10. The number of nitrogens with zero attached hydrogens (tertiary/aromatic N) is 4. The Balaban J connectivity index is 2.21. The van der Waals surface area contributed by atoms with Gasteiger partial charge in [-0.3, -0.25) is 14.3 Å². The predicted octanol–water partition coefficient (Wildman–Crippen LogP) is 1.78. The second kappa shape index (κ2) is 5.36. The minimum absolute atomic E-state index is 0.204. The fourth-order valence-electron chi connectivity index (χ4n) is 2.31. The van der Waals surface area contributed by atoms with Crippen LogP contribution in [-0.2, 0) is 11.3 Å². The van der Waals surface area contributed by atoms with Crippen LogP contribution in [0.5, 0.6) is 0 Å². The zero-order chi connectivity index (χ0) is 15.7. The molecule has 1 N–H and O–H groups in total. The monoisotopic (exact) mass is 296 g/mol. The Morgan fingerprint density at radius 3 is 2.55 bits per heavy atom. The van der Waals surface area contributed by atoms with Gasteiger partial charge in [0, 0.05) is 30.3 Å². The van der Waals surface area contributed by atoms with Crippen LogP contribution in [0.3, 0.4) is 0 Å². The molecule has 0 aliphatic heterocycles. The van der Waals surface area contributed by atoms with E-state index in [1.165, 1.54) is 17.9 Å². The number of carbonyl (C=O) groups is 2. The molecule has 2 aromatic heterocycles. The molecule has 0 saturated heterocycles. The molecule has 0 aliphatic carbocycles. The number of rotatable bonds is 4. The molecule has 0 unspecified atom stereocenters. The van der Waals surface area contributed by atoms with Gasteiger partial charge in [-0.2, -0.15) is 5.10 Å². The summed E-state index contributed by atoms with van der Waals surface area (Å²) < 4.78 is 1.32. The highest BCUT2D eigenvalue weighted by atomic mass is 16.4. The molecule has 3 rings (SSSR count). The highest BCUT2D eigenvalue weighted by Crippen LogP contribution is 2.26. The zero-order valence-electron chi connectivity index (χ0n) is 11.7. The smallest absolute Gasteiger partial charge is 0.325 e. The fraction of sp³-hybridized carbons (Fsp3) is 0.133. The maximum absolute atomic E-state index is 11.7. The zero-order valence-corrected chi connectivity index (χ0v) is 11.7. The van der Waals surface area contributed by atoms with E-state index in [1.807, 2.05) is 6.07 Å². The SMILES string of the molecule is CC(=O)c1nn(CC(=O)O)c2cc(-c3cncnc3)ccc12. The summed E-state index contributed by atoms with van der Waals surface area (Å²) in [5, 5.41) is 13.7. The summed E-state index contributed by atoms with van der Waals surface area (Å²) >= 11 is 0. The third-order valence-electron chi connectivity index (χ3n) is 3.26. The summed E-state index contributed by atoms with van der Waals surface area (Å²) in [6, 6.07) is 5.39. The molecule has 2 heterocycles. The second-order valence-corrected chi connectivity index (χ2v) is 4.82. The Kier molecular flexibility index (Phi) is 3.38. The maximum Gasteiger partial charge on any atom is 0.325 e. The summed E-state index contributed by atoms with van der Waals surface area (Å²) in [5.74, 6) is -1.22. The van der Waals surface area contributed by atoms with Crippen molar-refractivity contribution in [3.05, 3.63) is 42.6 Å². The van der Waals surface area contributed by atoms with Crippen molar-refractivity contribution in [3.8, 4) is 11.1 Å². The molecule has 7 heteroatoms. The number of carboxylic acids is 1. The van der Waals surface area contributed by atoms with Crippen molar-refractivity contribution in [3.63, 3.8) is 0 Å². The van der Waals surface area contributed by atoms with Crippen molar-refractivity contribution < 1.29 is 14.7 Å². The first-order valence-corrected chi connectivity index (χ1v) is 6.55. The van der Waals surface area contributed by atoms with Crippen LogP contribution in [0.25, 0.3) is 22.0 Å². The Morgan fingerprint density at radius 2 is 1.91 bits per heavy atom. The molecule has 0 aliphatic rings.